The van der Waals surface area contributed by atoms with Gasteiger partial charge in [0.25, 0.3) is 0 Å². The maximum absolute atomic E-state index is 10.8. The molecule has 0 amide bonds. The number of hydrogen-bond donors (Lipinski definition) is 0. The summed E-state index contributed by atoms with van der Waals surface area (Å²) in [6.45, 7) is 8.46. The van der Waals surface area contributed by atoms with Crippen LogP contribution in [0.25, 0.3) is 126 Å². The quantitative estimate of drug-likeness (QED) is 0.159. The van der Waals surface area contributed by atoms with Crippen molar-refractivity contribution >= 4 is 92.9 Å². The van der Waals surface area contributed by atoms with Crippen LogP contribution in [-0.4, -0.2) is 18.3 Å². The summed E-state index contributed by atoms with van der Waals surface area (Å²) < 4.78 is 9.74. The molecule has 14 aromatic rings. The number of hydrogen-bond acceptors (Lipinski definition) is 1. The van der Waals surface area contributed by atoms with Gasteiger partial charge in [-0.25, -0.2) is 4.85 Å². The number of aromatic nitrogens is 4. The van der Waals surface area contributed by atoms with E-state index < -0.39 is 0 Å². The van der Waals surface area contributed by atoms with Crippen molar-refractivity contribution in [1.82, 2.24) is 18.3 Å². The lowest BCUT2D eigenvalue weighted by Gasteiger charge is -2.28. The zero-order valence-electron chi connectivity index (χ0n) is 36.5. The standard InChI is InChI=1S/C62H36N6/c1-64-41-35-39(38-63)34-40(36-41)60-61(67-54-30-14-6-22-46(54)47-23-7-15-31-55(47)67)58(65-50-26-10-2-18-42(50)43-19-3-11-27-51(43)65)37-59(66-52-28-12-4-20-44(52)45-21-5-13-29-53(45)66)62(60)68-56-32-16-8-24-48(56)49-25-9-17-33-57(49)68/h2-37H. The van der Waals surface area contributed by atoms with E-state index in [-0.39, 0.29) is 0 Å². The molecule has 6 nitrogen and oxygen atoms in total. The fourth-order valence-electron chi connectivity index (χ4n) is 11.3. The molecule has 0 bridgehead atoms. The Morgan fingerprint density at radius 2 is 0.618 bits per heavy atom. The van der Waals surface area contributed by atoms with Crippen LogP contribution in [0.4, 0.5) is 5.69 Å². The normalized spacial score (nSPS) is 11.8. The molecular formula is C62H36N6. The van der Waals surface area contributed by atoms with Gasteiger partial charge in [0, 0.05) is 54.2 Å². The molecule has 0 saturated heterocycles. The third kappa shape index (κ3) is 5.20. The van der Waals surface area contributed by atoms with Crippen molar-refractivity contribution in [2.45, 2.75) is 0 Å². The number of benzene rings is 10. The minimum absolute atomic E-state index is 0.390. The van der Waals surface area contributed by atoms with Crippen LogP contribution in [0.3, 0.4) is 0 Å². The lowest BCUT2D eigenvalue weighted by Crippen LogP contribution is -2.13. The SMILES string of the molecule is [C-]#[N+]c1cc(C#N)cc(-c2c(-n3c4ccccc4c4ccccc43)c(-n3c4ccccc4c4ccccc43)cc(-n3c4ccccc4c4ccccc43)c2-n2c3ccccc3c3ccccc32)c1. The molecule has 0 aliphatic carbocycles. The first-order valence-corrected chi connectivity index (χ1v) is 22.8. The zero-order valence-corrected chi connectivity index (χ0v) is 36.5. The molecule has 314 valence electrons. The van der Waals surface area contributed by atoms with Crippen molar-refractivity contribution in [3.05, 3.63) is 235 Å². The van der Waals surface area contributed by atoms with Gasteiger partial charge in [0.2, 0.25) is 0 Å². The van der Waals surface area contributed by atoms with Gasteiger partial charge in [-0.1, -0.05) is 146 Å². The molecule has 14 rings (SSSR count). The molecule has 0 aliphatic rings. The van der Waals surface area contributed by atoms with Gasteiger partial charge in [-0.3, -0.25) is 0 Å². The number of nitrogens with zero attached hydrogens (tertiary/aromatic N) is 6. The van der Waals surface area contributed by atoms with Crippen LogP contribution < -0.4 is 0 Å². The first kappa shape index (κ1) is 37.7. The van der Waals surface area contributed by atoms with Gasteiger partial charge >= 0.3 is 0 Å². The number of rotatable bonds is 5. The number of fused-ring (bicyclic) bond motifs is 12. The maximum atomic E-state index is 10.8. The molecule has 0 saturated carbocycles. The topological polar surface area (TPSA) is 47.9 Å². The van der Waals surface area contributed by atoms with Crippen LogP contribution in [0.2, 0.25) is 0 Å². The second-order valence-electron chi connectivity index (χ2n) is 17.5. The monoisotopic (exact) mass is 864 g/mol. The highest BCUT2D eigenvalue weighted by molar-refractivity contribution is 6.16. The average molecular weight is 865 g/mol. The fraction of sp³-hybridized carbons (Fsp3) is 0. The van der Waals surface area contributed by atoms with Crippen LogP contribution >= 0.6 is 0 Å². The predicted molar refractivity (Wildman–Crippen MR) is 280 cm³/mol. The number of nitriles is 1. The Hall–Kier alpha value is -9.62. The largest absolute Gasteiger partial charge is 0.307 e. The molecule has 0 atom stereocenters. The maximum Gasteiger partial charge on any atom is 0.189 e. The third-order valence-corrected chi connectivity index (χ3v) is 13.9. The highest BCUT2D eigenvalue weighted by Gasteiger charge is 2.31. The summed E-state index contributed by atoms with van der Waals surface area (Å²) in [5, 5.41) is 19.9. The molecule has 0 fully saturated rings. The molecule has 0 aliphatic heterocycles. The summed E-state index contributed by atoms with van der Waals surface area (Å²) in [5.74, 6) is 0. The summed E-state index contributed by atoms with van der Waals surface area (Å²) in [5.41, 5.74) is 14.6. The van der Waals surface area contributed by atoms with E-state index in [1.165, 1.54) is 0 Å². The molecule has 6 heteroatoms. The molecule has 4 aromatic heterocycles. The minimum atomic E-state index is 0.390. The Bertz CT molecular complexity index is 4040. The van der Waals surface area contributed by atoms with Crippen molar-refractivity contribution in [2.24, 2.45) is 0 Å². The lowest BCUT2D eigenvalue weighted by atomic mass is 9.95. The predicted octanol–water partition coefficient (Wildman–Crippen LogP) is 16.2. The van der Waals surface area contributed by atoms with Crippen LogP contribution in [0.1, 0.15) is 5.56 Å². The lowest BCUT2D eigenvalue weighted by molar-refractivity contribution is 1.05. The molecule has 68 heavy (non-hydrogen) atoms. The summed E-state index contributed by atoms with van der Waals surface area (Å²) in [6.07, 6.45) is 0. The van der Waals surface area contributed by atoms with Crippen LogP contribution in [0.5, 0.6) is 0 Å². The van der Waals surface area contributed by atoms with Gasteiger partial charge in [0.15, 0.2) is 5.69 Å². The van der Waals surface area contributed by atoms with Crippen molar-refractivity contribution < 1.29 is 0 Å². The van der Waals surface area contributed by atoms with Gasteiger partial charge in [0.05, 0.1) is 79.5 Å². The van der Waals surface area contributed by atoms with E-state index in [1.807, 2.05) is 12.1 Å². The Balaban J connectivity index is 1.35. The first-order valence-electron chi connectivity index (χ1n) is 22.8. The molecular weight excluding hydrogens is 829 g/mol. The van der Waals surface area contributed by atoms with Gasteiger partial charge in [-0.2, -0.15) is 5.26 Å². The van der Waals surface area contributed by atoms with Gasteiger partial charge in [0.1, 0.15) is 0 Å². The van der Waals surface area contributed by atoms with Gasteiger partial charge < -0.3 is 18.3 Å². The summed E-state index contributed by atoms with van der Waals surface area (Å²) in [6, 6.07) is 79.8. The highest BCUT2D eigenvalue weighted by Crippen LogP contribution is 2.50. The van der Waals surface area contributed by atoms with Crippen molar-refractivity contribution in [1.29, 1.82) is 5.26 Å². The fourth-order valence-corrected chi connectivity index (χ4v) is 11.3. The Morgan fingerprint density at radius 3 is 0.897 bits per heavy atom. The van der Waals surface area contributed by atoms with Crippen molar-refractivity contribution in [2.75, 3.05) is 0 Å². The highest BCUT2D eigenvalue weighted by atomic mass is 15.1. The Kier molecular flexibility index (Phi) is 8.01. The molecule has 0 radical (unpaired) electrons. The molecule has 4 heterocycles. The van der Waals surface area contributed by atoms with Crippen LogP contribution in [-0.2, 0) is 0 Å². The molecule has 0 unspecified atom stereocenters. The third-order valence-electron chi connectivity index (χ3n) is 13.9. The summed E-state index contributed by atoms with van der Waals surface area (Å²) in [7, 11) is 0. The smallest absolute Gasteiger partial charge is 0.189 e. The van der Waals surface area contributed by atoms with E-state index in [4.69, 9.17) is 6.57 Å². The zero-order chi connectivity index (χ0) is 45.0. The molecule has 10 aromatic carbocycles. The second-order valence-corrected chi connectivity index (χ2v) is 17.5. The van der Waals surface area contributed by atoms with Crippen LogP contribution in [0, 0.1) is 17.9 Å². The van der Waals surface area contributed by atoms with E-state index in [0.717, 1.165) is 121 Å². The van der Waals surface area contributed by atoms with Crippen molar-refractivity contribution in [3.8, 4) is 39.9 Å². The van der Waals surface area contributed by atoms with Gasteiger partial charge in [-0.15, -0.1) is 0 Å². The van der Waals surface area contributed by atoms with Crippen molar-refractivity contribution in [3.63, 3.8) is 0 Å². The first-order chi connectivity index (χ1) is 33.7. The Labute approximate surface area is 390 Å². The summed E-state index contributed by atoms with van der Waals surface area (Å²) >= 11 is 0. The Morgan fingerprint density at radius 1 is 0.338 bits per heavy atom. The van der Waals surface area contributed by atoms with E-state index in [1.54, 1.807) is 6.07 Å². The summed E-state index contributed by atoms with van der Waals surface area (Å²) in [4.78, 5) is 4.03. The minimum Gasteiger partial charge on any atom is -0.307 e. The van der Waals surface area contributed by atoms with E-state index >= 15 is 0 Å². The van der Waals surface area contributed by atoms with E-state index in [9.17, 15) is 5.26 Å². The van der Waals surface area contributed by atoms with E-state index in [2.05, 4.69) is 229 Å². The molecule has 0 N–H and O–H groups in total. The van der Waals surface area contributed by atoms with Gasteiger partial charge in [-0.05, 0) is 78.4 Å². The second kappa shape index (κ2) is 14.4. The molecule has 0 spiro atoms. The number of para-hydroxylation sites is 8. The van der Waals surface area contributed by atoms with E-state index in [0.29, 0.717) is 11.3 Å². The van der Waals surface area contributed by atoms with Crippen LogP contribution in [0.15, 0.2) is 218 Å². The average Bonchev–Trinajstić information content (AvgIpc) is 4.13.